The van der Waals surface area contributed by atoms with Gasteiger partial charge in [-0.3, -0.25) is 0 Å². The Balaban J connectivity index is 1.69. The molecule has 3 aromatic carbocycles. The SMILES string of the molecule is NCCNc1cccc(F)c1-c1c(Cl)ccc2c1C1[C@@H](N)[C@@]1(c1ccccc1)O2. The fraction of sp³-hybridized carbons (Fsp3) is 0.217. The Hall–Kier alpha value is -2.60. The maximum atomic E-state index is 15.1. The molecule has 0 saturated heterocycles. The second-order valence-electron chi connectivity index (χ2n) is 7.48. The van der Waals surface area contributed by atoms with Gasteiger partial charge in [0.2, 0.25) is 0 Å². The summed E-state index contributed by atoms with van der Waals surface area (Å²) in [4.78, 5) is 0. The van der Waals surface area contributed by atoms with E-state index in [1.807, 2.05) is 42.5 Å². The minimum atomic E-state index is -0.626. The highest BCUT2D eigenvalue weighted by atomic mass is 35.5. The van der Waals surface area contributed by atoms with Gasteiger partial charge in [0.15, 0.2) is 5.60 Å². The van der Waals surface area contributed by atoms with Crippen molar-refractivity contribution in [3.05, 3.63) is 82.6 Å². The molecule has 0 amide bonds. The van der Waals surface area contributed by atoms with Crippen molar-refractivity contribution in [1.29, 1.82) is 0 Å². The zero-order valence-electron chi connectivity index (χ0n) is 15.7. The molecule has 0 radical (unpaired) electrons. The Kier molecular flexibility index (Phi) is 4.28. The summed E-state index contributed by atoms with van der Waals surface area (Å²) in [7, 11) is 0. The molecular formula is C23H21ClFN3O. The van der Waals surface area contributed by atoms with Crippen LogP contribution in [0.2, 0.25) is 5.02 Å². The molecule has 4 nitrogen and oxygen atoms in total. The second-order valence-corrected chi connectivity index (χ2v) is 7.88. The Morgan fingerprint density at radius 1 is 1.03 bits per heavy atom. The molecule has 3 atom stereocenters. The van der Waals surface area contributed by atoms with E-state index in [1.54, 1.807) is 12.1 Å². The highest BCUT2D eigenvalue weighted by Crippen LogP contribution is 2.69. The third-order valence-electron chi connectivity index (χ3n) is 5.90. The second kappa shape index (κ2) is 6.73. The van der Waals surface area contributed by atoms with Crippen molar-refractivity contribution in [3.63, 3.8) is 0 Å². The summed E-state index contributed by atoms with van der Waals surface area (Å²) in [6.45, 7) is 0.959. The largest absolute Gasteiger partial charge is 0.480 e. The summed E-state index contributed by atoms with van der Waals surface area (Å²) in [5.41, 5.74) is 15.1. The van der Waals surface area contributed by atoms with Crippen molar-refractivity contribution >= 4 is 17.3 Å². The predicted octanol–water partition coefficient (Wildman–Crippen LogP) is 4.23. The van der Waals surface area contributed by atoms with Crippen molar-refractivity contribution in [3.8, 4) is 16.9 Å². The Morgan fingerprint density at radius 2 is 1.83 bits per heavy atom. The van der Waals surface area contributed by atoms with Crippen molar-refractivity contribution < 1.29 is 9.13 Å². The molecule has 1 aliphatic carbocycles. The topological polar surface area (TPSA) is 73.3 Å². The zero-order valence-corrected chi connectivity index (χ0v) is 16.4. The fourth-order valence-electron chi connectivity index (χ4n) is 4.59. The van der Waals surface area contributed by atoms with Crippen LogP contribution < -0.4 is 21.5 Å². The number of rotatable bonds is 5. The van der Waals surface area contributed by atoms with Crippen LogP contribution in [0.15, 0.2) is 60.7 Å². The molecule has 5 rings (SSSR count). The molecule has 6 heteroatoms. The van der Waals surface area contributed by atoms with Gasteiger partial charge in [-0.2, -0.15) is 0 Å². The smallest absolute Gasteiger partial charge is 0.158 e. The summed E-state index contributed by atoms with van der Waals surface area (Å²) in [5.74, 6) is 0.261. The summed E-state index contributed by atoms with van der Waals surface area (Å²) in [5, 5.41) is 3.67. The first-order valence-electron chi connectivity index (χ1n) is 9.65. The third kappa shape index (κ3) is 2.58. The summed E-state index contributed by atoms with van der Waals surface area (Å²) in [6.07, 6.45) is 0. The van der Waals surface area contributed by atoms with E-state index in [9.17, 15) is 0 Å². The van der Waals surface area contributed by atoms with E-state index in [4.69, 9.17) is 27.8 Å². The molecule has 1 saturated carbocycles. The van der Waals surface area contributed by atoms with E-state index in [2.05, 4.69) is 5.32 Å². The van der Waals surface area contributed by atoms with Crippen LogP contribution in [0.1, 0.15) is 17.0 Å². The van der Waals surface area contributed by atoms with Gasteiger partial charge in [0.25, 0.3) is 0 Å². The highest BCUT2D eigenvalue weighted by Gasteiger charge is 2.72. The summed E-state index contributed by atoms with van der Waals surface area (Å²) < 4.78 is 21.5. The van der Waals surface area contributed by atoms with Crippen LogP contribution >= 0.6 is 11.6 Å². The molecule has 29 heavy (non-hydrogen) atoms. The van der Waals surface area contributed by atoms with Crippen LogP contribution in [0.5, 0.6) is 5.75 Å². The molecule has 2 aliphatic rings. The molecule has 1 unspecified atom stereocenters. The van der Waals surface area contributed by atoms with Crippen LogP contribution in [0.3, 0.4) is 0 Å². The first kappa shape index (κ1) is 18.4. The maximum Gasteiger partial charge on any atom is 0.158 e. The van der Waals surface area contributed by atoms with Crippen molar-refractivity contribution in [2.24, 2.45) is 11.5 Å². The Morgan fingerprint density at radius 3 is 2.59 bits per heavy atom. The summed E-state index contributed by atoms with van der Waals surface area (Å²) in [6, 6.07) is 18.3. The molecule has 3 aromatic rings. The van der Waals surface area contributed by atoms with Gasteiger partial charge in [0.05, 0.1) is 12.0 Å². The quantitative estimate of drug-likeness (QED) is 0.589. The molecule has 1 aliphatic heterocycles. The molecule has 148 valence electrons. The zero-order chi connectivity index (χ0) is 20.2. The predicted molar refractivity (Wildman–Crippen MR) is 114 cm³/mol. The van der Waals surface area contributed by atoms with E-state index in [0.29, 0.717) is 40.7 Å². The van der Waals surface area contributed by atoms with Crippen molar-refractivity contribution in [2.75, 3.05) is 18.4 Å². The monoisotopic (exact) mass is 409 g/mol. The average molecular weight is 410 g/mol. The number of halogens is 2. The molecule has 5 N–H and O–H groups in total. The lowest BCUT2D eigenvalue weighted by molar-refractivity contribution is 0.186. The molecular weight excluding hydrogens is 389 g/mol. The lowest BCUT2D eigenvalue weighted by Crippen LogP contribution is -2.24. The van der Waals surface area contributed by atoms with Crippen molar-refractivity contribution in [2.45, 2.75) is 17.6 Å². The molecule has 0 aromatic heterocycles. The minimum Gasteiger partial charge on any atom is -0.480 e. The number of anilines is 1. The van der Waals surface area contributed by atoms with Gasteiger partial charge in [0.1, 0.15) is 11.6 Å². The van der Waals surface area contributed by atoms with Crippen LogP contribution in [-0.4, -0.2) is 19.1 Å². The molecule has 0 bridgehead atoms. The van der Waals surface area contributed by atoms with E-state index < -0.39 is 5.60 Å². The number of benzene rings is 3. The molecule has 1 fully saturated rings. The van der Waals surface area contributed by atoms with Gasteiger partial charge in [-0.1, -0.05) is 48.0 Å². The number of fused-ring (bicyclic) bond motifs is 3. The fourth-order valence-corrected chi connectivity index (χ4v) is 4.84. The highest BCUT2D eigenvalue weighted by molar-refractivity contribution is 6.34. The molecule has 0 spiro atoms. The average Bonchev–Trinajstić information content (AvgIpc) is 3.15. The first-order chi connectivity index (χ1) is 14.1. The number of nitrogens with one attached hydrogen (secondary N) is 1. The van der Waals surface area contributed by atoms with Gasteiger partial charge in [-0.05, 0) is 29.8 Å². The number of hydrogen-bond acceptors (Lipinski definition) is 4. The summed E-state index contributed by atoms with van der Waals surface area (Å²) >= 11 is 6.63. The van der Waals surface area contributed by atoms with E-state index >= 15 is 4.39 Å². The van der Waals surface area contributed by atoms with Crippen LogP contribution in [0.25, 0.3) is 11.1 Å². The van der Waals surface area contributed by atoms with Gasteiger partial charge in [-0.15, -0.1) is 0 Å². The Bertz CT molecular complexity index is 1090. The van der Waals surface area contributed by atoms with E-state index in [0.717, 1.165) is 11.1 Å². The van der Waals surface area contributed by atoms with Gasteiger partial charge >= 0.3 is 0 Å². The first-order valence-corrected chi connectivity index (χ1v) is 10.0. The maximum absolute atomic E-state index is 15.1. The van der Waals surface area contributed by atoms with Crippen LogP contribution in [-0.2, 0) is 5.60 Å². The van der Waals surface area contributed by atoms with Gasteiger partial charge in [-0.25, -0.2) is 4.39 Å². The van der Waals surface area contributed by atoms with Crippen LogP contribution in [0.4, 0.5) is 10.1 Å². The van der Waals surface area contributed by atoms with Crippen LogP contribution in [0, 0.1) is 5.82 Å². The lowest BCUT2D eigenvalue weighted by atomic mass is 9.93. The number of hydrogen-bond donors (Lipinski definition) is 3. The van der Waals surface area contributed by atoms with E-state index in [-0.39, 0.29) is 17.8 Å². The minimum absolute atomic E-state index is 0.0874. The van der Waals surface area contributed by atoms with Gasteiger partial charge in [0, 0.05) is 40.5 Å². The number of ether oxygens (including phenoxy) is 1. The van der Waals surface area contributed by atoms with Crippen molar-refractivity contribution in [1.82, 2.24) is 0 Å². The normalized spacial score (nSPS) is 23.9. The standard InChI is InChI=1S/C23H21ClFN3O/c24-14-9-10-17-20(18(14)19-15(25)7-4-8-16(19)28-12-11-26)21-22(27)23(21,29-17)13-5-2-1-3-6-13/h1-10,21-22,28H,11-12,26-27H2/t21?,22-,23+/m1/s1. The van der Waals surface area contributed by atoms with Gasteiger partial charge < -0.3 is 21.5 Å². The Labute approximate surface area is 173 Å². The third-order valence-corrected chi connectivity index (χ3v) is 6.22. The molecule has 1 heterocycles. The number of nitrogens with two attached hydrogens (primary N) is 2. The van der Waals surface area contributed by atoms with E-state index in [1.165, 1.54) is 6.07 Å². The lowest BCUT2D eigenvalue weighted by Gasteiger charge is -2.19.